The molecule has 0 aromatic carbocycles. The van der Waals surface area contributed by atoms with E-state index in [9.17, 15) is 0 Å². The maximum Gasteiger partial charge on any atom is -0.00134 e. The number of hydrogen-bond donors (Lipinski definition) is 1. The van der Waals surface area contributed by atoms with Crippen LogP contribution in [0.15, 0.2) is 0 Å². The van der Waals surface area contributed by atoms with Crippen molar-refractivity contribution >= 4 is 0 Å². The lowest BCUT2D eigenvalue weighted by Gasteiger charge is -2.39. The molecule has 1 N–H and O–H groups in total. The summed E-state index contributed by atoms with van der Waals surface area (Å²) in [6.07, 6.45) is 13.4. The monoisotopic (exact) mass is 250 g/mol. The molecule has 1 unspecified atom stereocenters. The highest BCUT2D eigenvalue weighted by Gasteiger charge is 2.36. The molecule has 1 atom stereocenters. The van der Waals surface area contributed by atoms with E-state index >= 15 is 0 Å². The van der Waals surface area contributed by atoms with E-state index in [0.717, 1.165) is 11.3 Å². The quantitative estimate of drug-likeness (QED) is 0.825. The molecular weight excluding hydrogens is 220 g/mol. The Kier molecular flexibility index (Phi) is 4.25. The number of nitrogens with zero attached hydrogens (tertiary/aromatic N) is 1. The van der Waals surface area contributed by atoms with E-state index in [2.05, 4.69) is 10.2 Å². The molecule has 1 saturated carbocycles. The van der Waals surface area contributed by atoms with Gasteiger partial charge in [-0.3, -0.25) is 0 Å². The van der Waals surface area contributed by atoms with Crippen molar-refractivity contribution in [1.82, 2.24) is 10.2 Å². The molecule has 0 aromatic rings. The van der Waals surface area contributed by atoms with Crippen LogP contribution < -0.4 is 5.32 Å². The molecule has 3 aliphatic rings. The number of nitrogens with one attached hydrogen (secondary N) is 1. The van der Waals surface area contributed by atoms with Crippen molar-refractivity contribution in [3.63, 3.8) is 0 Å². The van der Waals surface area contributed by atoms with Crippen LogP contribution >= 0.6 is 0 Å². The summed E-state index contributed by atoms with van der Waals surface area (Å²) in [5.74, 6) is 0.982. The molecule has 1 aliphatic carbocycles. The predicted octanol–water partition coefficient (Wildman–Crippen LogP) is 3.03. The van der Waals surface area contributed by atoms with Crippen molar-refractivity contribution in [3.05, 3.63) is 0 Å². The molecular formula is C16H30N2. The Morgan fingerprint density at radius 1 is 1.06 bits per heavy atom. The van der Waals surface area contributed by atoms with Crippen molar-refractivity contribution in [2.45, 2.75) is 57.8 Å². The van der Waals surface area contributed by atoms with Crippen molar-refractivity contribution in [3.8, 4) is 0 Å². The Hall–Kier alpha value is -0.0800. The molecule has 0 aromatic heterocycles. The van der Waals surface area contributed by atoms with Gasteiger partial charge in [-0.1, -0.05) is 12.8 Å². The average molecular weight is 250 g/mol. The highest BCUT2D eigenvalue weighted by molar-refractivity contribution is 4.89. The summed E-state index contributed by atoms with van der Waals surface area (Å²) in [6.45, 7) is 6.69. The Morgan fingerprint density at radius 3 is 2.50 bits per heavy atom. The second-order valence-corrected chi connectivity index (χ2v) is 7.05. The summed E-state index contributed by atoms with van der Waals surface area (Å²) >= 11 is 0. The van der Waals surface area contributed by atoms with E-state index in [1.807, 2.05) is 0 Å². The predicted molar refractivity (Wildman–Crippen MR) is 76.8 cm³/mol. The molecule has 18 heavy (non-hydrogen) atoms. The molecule has 1 spiro atoms. The first-order valence-corrected chi connectivity index (χ1v) is 8.29. The standard InChI is InChI=1S/C16H30N2/c1-2-7-16(6-1)8-12-18(13-9-16)11-3-4-15-5-10-17-14-15/h15,17H,1-14H2. The molecule has 2 saturated heterocycles. The lowest BCUT2D eigenvalue weighted by atomic mass is 9.77. The van der Waals surface area contributed by atoms with Crippen LogP contribution in [0.4, 0.5) is 0 Å². The van der Waals surface area contributed by atoms with Gasteiger partial charge in [-0.2, -0.15) is 0 Å². The Balaban J connectivity index is 1.32. The number of hydrogen-bond acceptors (Lipinski definition) is 2. The van der Waals surface area contributed by atoms with Gasteiger partial charge in [-0.25, -0.2) is 0 Å². The first kappa shape index (κ1) is 12.9. The smallest absolute Gasteiger partial charge is 0.00134 e. The van der Waals surface area contributed by atoms with E-state index in [4.69, 9.17) is 0 Å². The minimum atomic E-state index is 0.797. The molecule has 2 heterocycles. The number of piperidine rings is 1. The highest BCUT2D eigenvalue weighted by Crippen LogP contribution is 2.46. The second-order valence-electron chi connectivity index (χ2n) is 7.05. The van der Waals surface area contributed by atoms with Gasteiger partial charge in [0.1, 0.15) is 0 Å². The van der Waals surface area contributed by atoms with Crippen molar-refractivity contribution in [2.75, 3.05) is 32.7 Å². The van der Waals surface area contributed by atoms with Gasteiger partial charge >= 0.3 is 0 Å². The first-order chi connectivity index (χ1) is 8.86. The van der Waals surface area contributed by atoms with Gasteiger partial charge in [0.25, 0.3) is 0 Å². The zero-order valence-corrected chi connectivity index (χ0v) is 11.9. The molecule has 3 fully saturated rings. The lowest BCUT2D eigenvalue weighted by Crippen LogP contribution is -2.39. The van der Waals surface area contributed by atoms with Crippen LogP contribution in [0.3, 0.4) is 0 Å². The van der Waals surface area contributed by atoms with Gasteiger partial charge in [0.15, 0.2) is 0 Å². The molecule has 104 valence electrons. The maximum atomic E-state index is 3.48. The van der Waals surface area contributed by atoms with Crippen LogP contribution in [-0.2, 0) is 0 Å². The fourth-order valence-corrected chi connectivity index (χ4v) is 4.44. The van der Waals surface area contributed by atoms with E-state index in [1.54, 1.807) is 0 Å². The van der Waals surface area contributed by atoms with Gasteiger partial charge in [-0.15, -0.1) is 0 Å². The zero-order valence-electron chi connectivity index (χ0n) is 11.9. The van der Waals surface area contributed by atoms with Gasteiger partial charge in [0.05, 0.1) is 0 Å². The molecule has 0 radical (unpaired) electrons. The molecule has 2 nitrogen and oxygen atoms in total. The Bertz CT molecular complexity index is 242. The molecule has 0 amide bonds. The fourth-order valence-electron chi connectivity index (χ4n) is 4.44. The summed E-state index contributed by atoms with van der Waals surface area (Å²) < 4.78 is 0. The van der Waals surface area contributed by atoms with Crippen molar-refractivity contribution < 1.29 is 0 Å². The lowest BCUT2D eigenvalue weighted by molar-refractivity contribution is 0.106. The minimum absolute atomic E-state index is 0.797. The average Bonchev–Trinajstić information content (AvgIpc) is 3.04. The topological polar surface area (TPSA) is 15.3 Å². The number of rotatable bonds is 4. The SMILES string of the molecule is C(CC1CCNC1)CN1CCC2(CCCC2)CC1. The third-order valence-corrected chi connectivity index (χ3v) is 5.83. The normalized spacial score (nSPS) is 32.3. The second kappa shape index (κ2) is 5.92. The summed E-state index contributed by atoms with van der Waals surface area (Å²) in [7, 11) is 0. The van der Waals surface area contributed by atoms with Crippen LogP contribution in [-0.4, -0.2) is 37.6 Å². The van der Waals surface area contributed by atoms with Crippen LogP contribution in [0.5, 0.6) is 0 Å². The molecule has 3 rings (SSSR count). The third-order valence-electron chi connectivity index (χ3n) is 5.83. The van der Waals surface area contributed by atoms with Gasteiger partial charge in [0, 0.05) is 0 Å². The van der Waals surface area contributed by atoms with Crippen LogP contribution in [0, 0.1) is 11.3 Å². The summed E-state index contributed by atoms with van der Waals surface area (Å²) in [6, 6.07) is 0. The largest absolute Gasteiger partial charge is 0.316 e. The van der Waals surface area contributed by atoms with Crippen LogP contribution in [0.25, 0.3) is 0 Å². The third kappa shape index (κ3) is 3.08. The van der Waals surface area contributed by atoms with Crippen molar-refractivity contribution in [2.24, 2.45) is 11.3 Å². The zero-order chi connectivity index (χ0) is 12.3. The summed E-state index contributed by atoms with van der Waals surface area (Å²) in [5.41, 5.74) is 0.797. The maximum absolute atomic E-state index is 3.48. The van der Waals surface area contributed by atoms with E-state index < -0.39 is 0 Å². The molecule has 2 heteroatoms. The highest BCUT2D eigenvalue weighted by atomic mass is 15.1. The fraction of sp³-hybridized carbons (Fsp3) is 1.00. The van der Waals surface area contributed by atoms with Crippen LogP contribution in [0.1, 0.15) is 57.8 Å². The van der Waals surface area contributed by atoms with E-state index in [1.165, 1.54) is 90.5 Å². The van der Waals surface area contributed by atoms with Crippen molar-refractivity contribution in [1.29, 1.82) is 0 Å². The molecule has 2 aliphatic heterocycles. The number of likely N-dealkylation sites (tertiary alicyclic amines) is 1. The summed E-state index contributed by atoms with van der Waals surface area (Å²) in [4.78, 5) is 2.74. The Morgan fingerprint density at radius 2 is 1.83 bits per heavy atom. The molecule has 0 bridgehead atoms. The van der Waals surface area contributed by atoms with E-state index in [-0.39, 0.29) is 0 Å². The minimum Gasteiger partial charge on any atom is -0.316 e. The Labute approximate surface area is 113 Å². The summed E-state index contributed by atoms with van der Waals surface area (Å²) in [5, 5.41) is 3.48. The van der Waals surface area contributed by atoms with E-state index in [0.29, 0.717) is 0 Å². The van der Waals surface area contributed by atoms with Gasteiger partial charge < -0.3 is 10.2 Å². The van der Waals surface area contributed by atoms with Crippen LogP contribution in [0.2, 0.25) is 0 Å². The van der Waals surface area contributed by atoms with Gasteiger partial charge in [0.2, 0.25) is 0 Å². The first-order valence-electron chi connectivity index (χ1n) is 8.29. The van der Waals surface area contributed by atoms with Gasteiger partial charge in [-0.05, 0) is 89.0 Å².